The summed E-state index contributed by atoms with van der Waals surface area (Å²) < 4.78 is 11.2. The summed E-state index contributed by atoms with van der Waals surface area (Å²) in [7, 11) is 0. The minimum absolute atomic E-state index is 0.163. The average molecular weight is 723 g/mol. The molecule has 0 aliphatic carbocycles. The molecule has 1 unspecified atom stereocenters. The molecule has 0 saturated carbocycles. The fourth-order valence-electron chi connectivity index (χ4n) is 7.39. The van der Waals surface area contributed by atoms with Crippen molar-refractivity contribution >= 4 is 5.97 Å². The molecule has 0 bridgehead atoms. The van der Waals surface area contributed by atoms with Gasteiger partial charge in [0.15, 0.2) is 0 Å². The lowest BCUT2D eigenvalue weighted by Gasteiger charge is -2.16. The molecular formula is C47H94O4. The summed E-state index contributed by atoms with van der Waals surface area (Å²) >= 11 is 0. The predicted molar refractivity (Wildman–Crippen MR) is 224 cm³/mol. The summed E-state index contributed by atoms with van der Waals surface area (Å²) in [5.41, 5.74) is 0. The first kappa shape index (κ1) is 50.4. The van der Waals surface area contributed by atoms with Crippen LogP contribution in [-0.2, 0) is 14.3 Å². The zero-order valence-electron chi connectivity index (χ0n) is 35.2. The quantitative estimate of drug-likeness (QED) is 0.0502. The monoisotopic (exact) mass is 723 g/mol. The Labute approximate surface area is 321 Å². The molecule has 306 valence electrons. The second-order valence-electron chi connectivity index (χ2n) is 16.2. The Hall–Kier alpha value is -0.610. The van der Waals surface area contributed by atoms with Crippen molar-refractivity contribution in [3.05, 3.63) is 0 Å². The van der Waals surface area contributed by atoms with Crippen LogP contribution in [0.5, 0.6) is 0 Å². The first-order chi connectivity index (χ1) is 25.2. The normalized spacial score (nSPS) is 12.1. The Morgan fingerprint density at radius 2 is 0.647 bits per heavy atom. The van der Waals surface area contributed by atoms with Gasteiger partial charge in [-0.2, -0.15) is 0 Å². The van der Waals surface area contributed by atoms with Crippen LogP contribution in [0.4, 0.5) is 0 Å². The number of carbonyl (C=O) groups is 1. The summed E-state index contributed by atoms with van der Waals surface area (Å²) in [5.74, 6) is -0.191. The van der Waals surface area contributed by atoms with Crippen molar-refractivity contribution in [2.75, 3.05) is 19.8 Å². The number of esters is 1. The molecule has 4 nitrogen and oxygen atoms in total. The van der Waals surface area contributed by atoms with E-state index in [0.717, 1.165) is 19.3 Å². The maximum atomic E-state index is 12.2. The highest BCUT2D eigenvalue weighted by molar-refractivity contribution is 5.69. The lowest BCUT2D eigenvalue weighted by molar-refractivity contribution is -0.154. The molecule has 1 N–H and O–H groups in total. The maximum absolute atomic E-state index is 12.2. The van der Waals surface area contributed by atoms with E-state index >= 15 is 0 Å². The molecule has 0 radical (unpaired) electrons. The van der Waals surface area contributed by atoms with Crippen molar-refractivity contribution in [2.45, 2.75) is 277 Å². The molecule has 4 heteroatoms. The van der Waals surface area contributed by atoms with E-state index in [1.165, 1.54) is 231 Å². The first-order valence-electron chi connectivity index (χ1n) is 23.6. The van der Waals surface area contributed by atoms with Crippen molar-refractivity contribution in [1.29, 1.82) is 0 Å². The molecule has 0 heterocycles. The van der Waals surface area contributed by atoms with Gasteiger partial charge in [-0.15, -0.1) is 0 Å². The largest absolute Gasteiger partial charge is 0.457 e. The molecule has 0 aromatic carbocycles. The topological polar surface area (TPSA) is 55.8 Å². The molecule has 0 spiro atoms. The highest BCUT2D eigenvalue weighted by Crippen LogP contribution is 2.17. The molecule has 0 aromatic rings. The first-order valence-corrected chi connectivity index (χ1v) is 23.6. The molecule has 0 aliphatic rings. The Balaban J connectivity index is 3.33. The van der Waals surface area contributed by atoms with Crippen molar-refractivity contribution in [3.8, 4) is 0 Å². The van der Waals surface area contributed by atoms with Gasteiger partial charge in [0.2, 0.25) is 0 Å². The van der Waals surface area contributed by atoms with Crippen LogP contribution in [0.2, 0.25) is 0 Å². The lowest BCUT2D eigenvalue weighted by atomic mass is 10.0. The van der Waals surface area contributed by atoms with Crippen molar-refractivity contribution in [1.82, 2.24) is 0 Å². The summed E-state index contributed by atoms with van der Waals surface area (Å²) in [6.45, 7) is 5.41. The Bertz CT molecular complexity index is 638. The van der Waals surface area contributed by atoms with Gasteiger partial charge in [-0.25, -0.2) is 0 Å². The van der Waals surface area contributed by atoms with Crippen molar-refractivity contribution in [2.24, 2.45) is 0 Å². The molecule has 0 rings (SSSR count). The van der Waals surface area contributed by atoms with Crippen LogP contribution in [-0.4, -0.2) is 37.0 Å². The summed E-state index contributed by atoms with van der Waals surface area (Å²) in [5, 5.41) is 9.62. The fraction of sp³-hybridized carbons (Fsp3) is 0.979. The van der Waals surface area contributed by atoms with Crippen LogP contribution >= 0.6 is 0 Å². The third-order valence-electron chi connectivity index (χ3n) is 10.9. The number of aliphatic hydroxyl groups is 1. The van der Waals surface area contributed by atoms with Crippen molar-refractivity contribution in [3.63, 3.8) is 0 Å². The third-order valence-corrected chi connectivity index (χ3v) is 10.9. The molecule has 0 amide bonds. The summed E-state index contributed by atoms with van der Waals surface area (Å²) in [4.78, 5) is 12.2. The highest BCUT2D eigenvalue weighted by Gasteiger charge is 2.13. The zero-order chi connectivity index (χ0) is 37.0. The van der Waals surface area contributed by atoms with Crippen LogP contribution in [0, 0.1) is 0 Å². The van der Waals surface area contributed by atoms with Gasteiger partial charge >= 0.3 is 5.97 Å². The molecule has 0 fully saturated rings. The van der Waals surface area contributed by atoms with Crippen LogP contribution in [0.3, 0.4) is 0 Å². The number of aliphatic hydroxyl groups excluding tert-OH is 1. The average Bonchev–Trinajstić information content (AvgIpc) is 3.14. The Kier molecular flexibility index (Phi) is 45.0. The summed E-state index contributed by atoms with van der Waals surface area (Å²) in [6.07, 6.45) is 53.2. The highest BCUT2D eigenvalue weighted by atomic mass is 16.6. The Morgan fingerprint density at radius 1 is 0.392 bits per heavy atom. The van der Waals surface area contributed by atoms with Crippen molar-refractivity contribution < 1.29 is 19.4 Å². The maximum Gasteiger partial charge on any atom is 0.306 e. The molecule has 51 heavy (non-hydrogen) atoms. The van der Waals surface area contributed by atoms with Crippen LogP contribution < -0.4 is 0 Å². The molecular weight excluding hydrogens is 629 g/mol. The van der Waals surface area contributed by atoms with Gasteiger partial charge in [-0.3, -0.25) is 4.79 Å². The van der Waals surface area contributed by atoms with E-state index in [9.17, 15) is 9.90 Å². The van der Waals surface area contributed by atoms with E-state index in [1.54, 1.807) is 0 Å². The standard InChI is InChI=1S/C47H94O4/c1-3-5-7-9-11-13-15-17-19-21-22-23-24-25-26-28-30-32-34-36-38-40-42-47(49)51-46(44-48)45-50-43-41-39-37-35-33-31-29-27-20-18-16-14-12-10-8-6-4-2/h46,48H,3-45H2,1-2H3. The molecule has 1 atom stereocenters. The fourth-order valence-corrected chi connectivity index (χ4v) is 7.39. The van der Waals surface area contributed by atoms with E-state index < -0.39 is 6.10 Å². The number of carbonyl (C=O) groups excluding carboxylic acids is 1. The zero-order valence-corrected chi connectivity index (χ0v) is 35.2. The number of rotatable bonds is 45. The number of hydrogen-bond acceptors (Lipinski definition) is 4. The van der Waals surface area contributed by atoms with Gasteiger partial charge < -0.3 is 14.6 Å². The molecule has 0 aliphatic heterocycles. The summed E-state index contributed by atoms with van der Waals surface area (Å²) in [6, 6.07) is 0. The van der Waals surface area contributed by atoms with E-state index in [-0.39, 0.29) is 12.6 Å². The third kappa shape index (κ3) is 43.7. The van der Waals surface area contributed by atoms with E-state index in [2.05, 4.69) is 13.8 Å². The minimum Gasteiger partial charge on any atom is -0.457 e. The SMILES string of the molecule is CCCCCCCCCCCCCCCCCCCCCCCCC(=O)OC(CO)COCCCCCCCCCCCCCCCCCCC. The minimum atomic E-state index is -0.525. The number of ether oxygens (including phenoxy) is 2. The van der Waals surface area contributed by atoms with E-state index in [4.69, 9.17) is 9.47 Å². The van der Waals surface area contributed by atoms with Crippen LogP contribution in [0.25, 0.3) is 0 Å². The number of hydrogen-bond donors (Lipinski definition) is 1. The molecule has 0 saturated heterocycles. The number of unbranched alkanes of at least 4 members (excludes halogenated alkanes) is 37. The van der Waals surface area contributed by atoms with Crippen LogP contribution in [0.15, 0.2) is 0 Å². The second-order valence-corrected chi connectivity index (χ2v) is 16.2. The van der Waals surface area contributed by atoms with Gasteiger partial charge in [-0.1, -0.05) is 251 Å². The Morgan fingerprint density at radius 3 is 0.922 bits per heavy atom. The van der Waals surface area contributed by atoms with E-state index in [1.807, 2.05) is 0 Å². The van der Waals surface area contributed by atoms with Gasteiger partial charge in [0.05, 0.1) is 13.2 Å². The van der Waals surface area contributed by atoms with Gasteiger partial charge in [0.25, 0.3) is 0 Å². The van der Waals surface area contributed by atoms with Gasteiger partial charge in [-0.05, 0) is 12.8 Å². The second kappa shape index (κ2) is 45.5. The molecule has 0 aromatic heterocycles. The predicted octanol–water partition coefficient (Wildman–Crippen LogP) is 15.6. The van der Waals surface area contributed by atoms with Gasteiger partial charge in [0.1, 0.15) is 6.10 Å². The lowest BCUT2D eigenvalue weighted by Crippen LogP contribution is -2.27. The smallest absolute Gasteiger partial charge is 0.306 e. The van der Waals surface area contributed by atoms with Gasteiger partial charge in [0, 0.05) is 13.0 Å². The van der Waals surface area contributed by atoms with Crippen LogP contribution in [0.1, 0.15) is 271 Å². The van der Waals surface area contributed by atoms with E-state index in [0.29, 0.717) is 19.6 Å².